The van der Waals surface area contributed by atoms with Gasteiger partial charge in [-0.05, 0) is 65.0 Å². The van der Waals surface area contributed by atoms with E-state index in [0.717, 1.165) is 12.8 Å². The molecule has 0 bridgehead atoms. The lowest BCUT2D eigenvalue weighted by Crippen LogP contribution is -2.27. The van der Waals surface area contributed by atoms with Gasteiger partial charge in [-0.2, -0.15) is 0 Å². The van der Waals surface area contributed by atoms with Crippen LogP contribution >= 0.6 is 0 Å². The monoisotopic (exact) mass is 364 g/mol. The fraction of sp³-hybridized carbons (Fsp3) is 0.458. The molecule has 1 atom stereocenters. The molecule has 1 unspecified atom stereocenters. The maximum atomic E-state index is 11.6. The van der Waals surface area contributed by atoms with E-state index in [4.69, 9.17) is 4.74 Å². The number of fused-ring (bicyclic) bond motifs is 4. The van der Waals surface area contributed by atoms with Crippen LogP contribution in [0.25, 0.3) is 0 Å². The third-order valence-corrected chi connectivity index (χ3v) is 6.51. The molecular weight excluding hydrogens is 336 g/mol. The maximum absolute atomic E-state index is 11.6. The minimum absolute atomic E-state index is 0.0425. The molecule has 0 fully saturated rings. The van der Waals surface area contributed by atoms with Crippen molar-refractivity contribution in [3.63, 3.8) is 0 Å². The Kier molecular flexibility index (Phi) is 3.76. The first-order valence-electron chi connectivity index (χ1n) is 9.62. The highest BCUT2D eigenvalue weighted by Gasteiger charge is 2.56. The molecule has 0 N–H and O–H groups in total. The summed E-state index contributed by atoms with van der Waals surface area (Å²) >= 11 is 0. The number of hydrogen-bond acceptors (Lipinski definition) is 3. The lowest BCUT2D eigenvalue weighted by molar-refractivity contribution is 0.121. The van der Waals surface area contributed by atoms with Gasteiger partial charge in [0, 0.05) is 5.41 Å². The van der Waals surface area contributed by atoms with Crippen molar-refractivity contribution in [3.05, 3.63) is 64.2 Å². The molecule has 0 saturated carbocycles. The van der Waals surface area contributed by atoms with E-state index in [1.54, 1.807) is 0 Å². The Labute approximate surface area is 161 Å². The number of hydrogen-bond donors (Lipinski definition) is 0. The SMILES string of the molecule is COC(=O)Oc1ccc2c(c1)C1(CC(C)(C)c3ccc(C)cc31)CC2(C)C. The van der Waals surface area contributed by atoms with E-state index >= 15 is 0 Å². The van der Waals surface area contributed by atoms with Crippen molar-refractivity contribution in [2.45, 2.75) is 63.7 Å². The van der Waals surface area contributed by atoms with Crippen LogP contribution < -0.4 is 4.74 Å². The number of methoxy groups -OCH3 is 1. The maximum Gasteiger partial charge on any atom is 0.513 e. The smallest absolute Gasteiger partial charge is 0.437 e. The van der Waals surface area contributed by atoms with Crippen molar-refractivity contribution in [1.82, 2.24) is 0 Å². The van der Waals surface area contributed by atoms with Crippen molar-refractivity contribution in [2.24, 2.45) is 0 Å². The molecule has 0 heterocycles. The summed E-state index contributed by atoms with van der Waals surface area (Å²) in [4.78, 5) is 11.6. The van der Waals surface area contributed by atoms with E-state index in [1.165, 1.54) is 34.9 Å². The van der Waals surface area contributed by atoms with Gasteiger partial charge in [0.25, 0.3) is 0 Å². The lowest BCUT2D eigenvalue weighted by Gasteiger charge is -2.30. The molecule has 4 rings (SSSR count). The van der Waals surface area contributed by atoms with Crippen LogP contribution in [-0.2, 0) is 21.0 Å². The Bertz CT molecular complexity index is 935. The number of aryl methyl sites for hydroxylation is 1. The molecule has 0 radical (unpaired) electrons. The molecule has 142 valence electrons. The zero-order valence-corrected chi connectivity index (χ0v) is 17.1. The largest absolute Gasteiger partial charge is 0.513 e. The standard InChI is InChI=1S/C24H28O3/c1-15-7-9-17-19(11-15)24(13-22(17,2)3)14-23(4,5)18-10-8-16(12-20(18)24)27-21(25)26-6/h7-12H,13-14H2,1-6H3. The van der Waals surface area contributed by atoms with Crippen molar-refractivity contribution in [3.8, 4) is 5.75 Å². The van der Waals surface area contributed by atoms with Crippen LogP contribution in [0.1, 0.15) is 68.4 Å². The number of carbonyl (C=O) groups excluding carboxylic acids is 1. The highest BCUT2D eigenvalue weighted by molar-refractivity contribution is 5.66. The molecule has 0 aliphatic heterocycles. The van der Waals surface area contributed by atoms with Gasteiger partial charge < -0.3 is 9.47 Å². The second-order valence-electron chi connectivity index (χ2n) is 9.52. The van der Waals surface area contributed by atoms with Gasteiger partial charge in [0.1, 0.15) is 5.75 Å². The summed E-state index contributed by atoms with van der Waals surface area (Å²) < 4.78 is 10.0. The van der Waals surface area contributed by atoms with Gasteiger partial charge in [0.2, 0.25) is 0 Å². The van der Waals surface area contributed by atoms with E-state index in [2.05, 4.69) is 69.7 Å². The Morgan fingerprint density at radius 1 is 0.852 bits per heavy atom. The summed E-state index contributed by atoms with van der Waals surface area (Å²) in [5.74, 6) is 0.552. The number of rotatable bonds is 1. The van der Waals surface area contributed by atoms with Gasteiger partial charge in [-0.15, -0.1) is 0 Å². The van der Waals surface area contributed by atoms with Crippen LogP contribution in [0, 0.1) is 6.92 Å². The summed E-state index contributed by atoms with van der Waals surface area (Å²) in [6, 6.07) is 13.0. The zero-order chi connectivity index (χ0) is 19.6. The molecule has 2 aliphatic carbocycles. The van der Waals surface area contributed by atoms with Crippen LogP contribution in [0.2, 0.25) is 0 Å². The van der Waals surface area contributed by atoms with E-state index in [-0.39, 0.29) is 16.2 Å². The molecule has 27 heavy (non-hydrogen) atoms. The predicted molar refractivity (Wildman–Crippen MR) is 107 cm³/mol. The van der Waals surface area contributed by atoms with Crippen LogP contribution in [0.15, 0.2) is 36.4 Å². The molecule has 2 aliphatic rings. The molecule has 1 spiro atoms. The van der Waals surface area contributed by atoms with E-state index < -0.39 is 6.16 Å². The molecule has 2 aromatic rings. The van der Waals surface area contributed by atoms with Crippen LogP contribution in [0.4, 0.5) is 4.79 Å². The third kappa shape index (κ3) is 2.59. The fourth-order valence-electron chi connectivity index (χ4n) is 5.64. The molecule has 2 aromatic carbocycles. The van der Waals surface area contributed by atoms with E-state index in [9.17, 15) is 4.79 Å². The highest BCUT2D eigenvalue weighted by atomic mass is 16.7. The minimum Gasteiger partial charge on any atom is -0.437 e. The number of carbonyl (C=O) groups is 1. The average molecular weight is 364 g/mol. The topological polar surface area (TPSA) is 35.5 Å². The van der Waals surface area contributed by atoms with Gasteiger partial charge in [-0.1, -0.05) is 57.5 Å². The highest BCUT2D eigenvalue weighted by Crippen LogP contribution is 2.63. The van der Waals surface area contributed by atoms with Crippen molar-refractivity contribution in [2.75, 3.05) is 7.11 Å². The van der Waals surface area contributed by atoms with Gasteiger partial charge in [-0.3, -0.25) is 0 Å². The molecule has 0 amide bonds. The average Bonchev–Trinajstić information content (AvgIpc) is 2.94. The first-order valence-corrected chi connectivity index (χ1v) is 9.62. The van der Waals surface area contributed by atoms with Crippen molar-refractivity contribution in [1.29, 1.82) is 0 Å². The molecule has 3 nitrogen and oxygen atoms in total. The first kappa shape index (κ1) is 18.1. The Morgan fingerprint density at radius 3 is 2.00 bits per heavy atom. The Morgan fingerprint density at radius 2 is 1.41 bits per heavy atom. The second-order valence-corrected chi connectivity index (χ2v) is 9.52. The van der Waals surface area contributed by atoms with Crippen molar-refractivity contribution >= 4 is 6.16 Å². The first-order chi connectivity index (χ1) is 12.6. The molecule has 0 saturated heterocycles. The van der Waals surface area contributed by atoms with E-state index in [0.29, 0.717) is 5.75 Å². The van der Waals surface area contributed by atoms with Crippen LogP contribution in [0.3, 0.4) is 0 Å². The molecule has 0 aromatic heterocycles. The Balaban J connectivity index is 1.94. The third-order valence-electron chi connectivity index (χ3n) is 6.51. The predicted octanol–water partition coefficient (Wildman–Crippen LogP) is 5.79. The second kappa shape index (κ2) is 5.60. The number of ether oxygens (including phenoxy) is 2. The fourth-order valence-corrected chi connectivity index (χ4v) is 5.64. The quantitative estimate of drug-likeness (QED) is 0.475. The van der Waals surface area contributed by atoms with Crippen LogP contribution in [0.5, 0.6) is 5.75 Å². The van der Waals surface area contributed by atoms with Crippen molar-refractivity contribution < 1.29 is 14.3 Å². The summed E-state index contributed by atoms with van der Waals surface area (Å²) in [5, 5.41) is 0. The summed E-state index contributed by atoms with van der Waals surface area (Å²) in [5.41, 5.74) is 6.96. The summed E-state index contributed by atoms with van der Waals surface area (Å²) in [7, 11) is 1.33. The van der Waals surface area contributed by atoms with Crippen LogP contribution in [-0.4, -0.2) is 13.3 Å². The van der Waals surface area contributed by atoms with Gasteiger partial charge in [-0.25, -0.2) is 4.79 Å². The molecular formula is C24H28O3. The zero-order valence-electron chi connectivity index (χ0n) is 17.1. The van der Waals surface area contributed by atoms with Gasteiger partial charge in [0.05, 0.1) is 7.11 Å². The minimum atomic E-state index is -0.677. The van der Waals surface area contributed by atoms with E-state index in [1.807, 2.05) is 6.07 Å². The summed E-state index contributed by atoms with van der Waals surface area (Å²) in [6.07, 6.45) is 1.46. The summed E-state index contributed by atoms with van der Waals surface area (Å²) in [6.45, 7) is 11.5. The molecule has 3 heteroatoms. The lowest BCUT2D eigenvalue weighted by atomic mass is 9.72. The normalized spacial score (nSPS) is 23.8. The van der Waals surface area contributed by atoms with Gasteiger partial charge >= 0.3 is 6.16 Å². The Hall–Kier alpha value is -2.29. The van der Waals surface area contributed by atoms with Gasteiger partial charge in [0.15, 0.2) is 0 Å². The number of benzene rings is 2.